The fourth-order valence-electron chi connectivity index (χ4n) is 1.66. The topological polar surface area (TPSA) is 18.5 Å². The smallest absolute Gasteiger partial charge is 0.0776 e. The third-order valence-electron chi connectivity index (χ3n) is 2.90. The van der Waals surface area contributed by atoms with E-state index in [1.807, 2.05) is 6.92 Å². The molecule has 0 aliphatic rings. The molecule has 98 valence electrons. The summed E-state index contributed by atoms with van der Waals surface area (Å²) in [6, 6.07) is 0. The molecule has 16 heavy (non-hydrogen) atoms. The van der Waals surface area contributed by atoms with Crippen LogP contribution in [0.25, 0.3) is 0 Å². The second-order valence-electron chi connectivity index (χ2n) is 4.60. The SMILES string of the molecule is CCCCCCCCCCOCC(C)OC. The van der Waals surface area contributed by atoms with Gasteiger partial charge in [0.25, 0.3) is 0 Å². The van der Waals surface area contributed by atoms with E-state index in [1.165, 1.54) is 51.4 Å². The van der Waals surface area contributed by atoms with Crippen molar-refractivity contribution in [1.82, 2.24) is 0 Å². The van der Waals surface area contributed by atoms with Crippen LogP contribution in [0.5, 0.6) is 0 Å². The van der Waals surface area contributed by atoms with Crippen LogP contribution in [0.1, 0.15) is 65.2 Å². The minimum atomic E-state index is 0.231. The number of methoxy groups -OCH3 is 1. The van der Waals surface area contributed by atoms with Gasteiger partial charge in [-0.15, -0.1) is 0 Å². The van der Waals surface area contributed by atoms with E-state index in [-0.39, 0.29) is 6.10 Å². The first-order valence-corrected chi connectivity index (χ1v) is 6.91. The molecule has 0 saturated heterocycles. The summed E-state index contributed by atoms with van der Waals surface area (Å²) >= 11 is 0. The molecule has 0 N–H and O–H groups in total. The highest BCUT2D eigenvalue weighted by molar-refractivity contribution is 4.47. The van der Waals surface area contributed by atoms with Crippen molar-refractivity contribution in [3.63, 3.8) is 0 Å². The maximum atomic E-state index is 5.51. The molecule has 0 aliphatic carbocycles. The Morgan fingerprint density at radius 1 is 0.875 bits per heavy atom. The Morgan fingerprint density at radius 2 is 1.44 bits per heavy atom. The van der Waals surface area contributed by atoms with Crippen LogP contribution in [-0.2, 0) is 9.47 Å². The molecule has 1 unspecified atom stereocenters. The predicted molar refractivity (Wildman–Crippen MR) is 69.9 cm³/mol. The van der Waals surface area contributed by atoms with Crippen LogP contribution in [-0.4, -0.2) is 26.4 Å². The highest BCUT2D eigenvalue weighted by Gasteiger charge is 1.98. The molecule has 1 atom stereocenters. The number of ether oxygens (including phenoxy) is 2. The average molecular weight is 230 g/mol. The normalized spacial score (nSPS) is 12.9. The van der Waals surface area contributed by atoms with Gasteiger partial charge in [-0.2, -0.15) is 0 Å². The molecule has 0 bridgehead atoms. The molecule has 0 amide bonds. The van der Waals surface area contributed by atoms with Crippen LogP contribution in [0.15, 0.2) is 0 Å². The van der Waals surface area contributed by atoms with E-state index in [4.69, 9.17) is 9.47 Å². The fraction of sp³-hybridized carbons (Fsp3) is 1.00. The zero-order valence-corrected chi connectivity index (χ0v) is 11.5. The maximum Gasteiger partial charge on any atom is 0.0776 e. The number of unbranched alkanes of at least 4 members (excludes halogenated alkanes) is 7. The van der Waals surface area contributed by atoms with Crippen molar-refractivity contribution in [1.29, 1.82) is 0 Å². The molecule has 0 aliphatic heterocycles. The average Bonchev–Trinajstić information content (AvgIpc) is 2.31. The molecule has 0 rings (SSSR count). The predicted octanol–water partition coefficient (Wildman–Crippen LogP) is 4.18. The fourth-order valence-corrected chi connectivity index (χ4v) is 1.66. The van der Waals surface area contributed by atoms with Crippen molar-refractivity contribution in [3.05, 3.63) is 0 Å². The molecule has 0 heterocycles. The molecular formula is C14H30O2. The van der Waals surface area contributed by atoms with Crippen molar-refractivity contribution in [3.8, 4) is 0 Å². The van der Waals surface area contributed by atoms with E-state index in [1.54, 1.807) is 7.11 Å². The molecule has 0 aromatic rings. The largest absolute Gasteiger partial charge is 0.379 e. The lowest BCUT2D eigenvalue weighted by atomic mass is 10.1. The maximum absolute atomic E-state index is 5.51. The van der Waals surface area contributed by atoms with Crippen LogP contribution >= 0.6 is 0 Å². The summed E-state index contributed by atoms with van der Waals surface area (Å²) < 4.78 is 10.6. The summed E-state index contributed by atoms with van der Waals surface area (Å²) in [5.74, 6) is 0. The van der Waals surface area contributed by atoms with Crippen molar-refractivity contribution in [2.75, 3.05) is 20.3 Å². The minimum Gasteiger partial charge on any atom is -0.379 e. The summed E-state index contributed by atoms with van der Waals surface area (Å²) in [6.45, 7) is 5.92. The lowest BCUT2D eigenvalue weighted by molar-refractivity contribution is 0.0174. The molecule has 2 nitrogen and oxygen atoms in total. The van der Waals surface area contributed by atoms with Gasteiger partial charge in [0.1, 0.15) is 0 Å². The summed E-state index contributed by atoms with van der Waals surface area (Å²) in [5, 5.41) is 0. The van der Waals surface area contributed by atoms with E-state index in [0.29, 0.717) is 0 Å². The first-order valence-electron chi connectivity index (χ1n) is 6.91. The summed E-state index contributed by atoms with van der Waals surface area (Å²) in [7, 11) is 1.73. The minimum absolute atomic E-state index is 0.231. The lowest BCUT2D eigenvalue weighted by Crippen LogP contribution is -2.14. The van der Waals surface area contributed by atoms with E-state index < -0.39 is 0 Å². The molecule has 0 aromatic heterocycles. The summed E-state index contributed by atoms with van der Waals surface area (Å²) in [5.41, 5.74) is 0. The van der Waals surface area contributed by atoms with Gasteiger partial charge in [0, 0.05) is 13.7 Å². The summed E-state index contributed by atoms with van der Waals surface area (Å²) in [4.78, 5) is 0. The number of hydrogen-bond donors (Lipinski definition) is 0. The van der Waals surface area contributed by atoms with Gasteiger partial charge >= 0.3 is 0 Å². The van der Waals surface area contributed by atoms with Gasteiger partial charge in [0.15, 0.2) is 0 Å². The highest BCUT2D eigenvalue weighted by atomic mass is 16.5. The van der Waals surface area contributed by atoms with Crippen molar-refractivity contribution < 1.29 is 9.47 Å². The lowest BCUT2D eigenvalue weighted by Gasteiger charge is -2.09. The van der Waals surface area contributed by atoms with E-state index in [2.05, 4.69) is 6.92 Å². The van der Waals surface area contributed by atoms with Crippen LogP contribution in [0.4, 0.5) is 0 Å². The van der Waals surface area contributed by atoms with Crippen molar-refractivity contribution in [2.45, 2.75) is 71.3 Å². The third kappa shape index (κ3) is 12.0. The first kappa shape index (κ1) is 15.9. The Hall–Kier alpha value is -0.0800. The van der Waals surface area contributed by atoms with Gasteiger partial charge in [-0.3, -0.25) is 0 Å². The van der Waals surface area contributed by atoms with Gasteiger partial charge < -0.3 is 9.47 Å². The van der Waals surface area contributed by atoms with Crippen molar-refractivity contribution >= 4 is 0 Å². The van der Waals surface area contributed by atoms with Crippen molar-refractivity contribution in [2.24, 2.45) is 0 Å². The standard InChI is InChI=1S/C14H30O2/c1-4-5-6-7-8-9-10-11-12-16-13-14(2)15-3/h14H,4-13H2,1-3H3. The second-order valence-corrected chi connectivity index (χ2v) is 4.60. The first-order chi connectivity index (χ1) is 7.81. The van der Waals surface area contributed by atoms with Crippen LogP contribution in [0.3, 0.4) is 0 Å². The summed E-state index contributed by atoms with van der Waals surface area (Å²) in [6.07, 6.45) is 11.1. The molecule has 0 radical (unpaired) electrons. The van der Waals surface area contributed by atoms with Gasteiger partial charge in [-0.25, -0.2) is 0 Å². The Morgan fingerprint density at radius 3 is 2.00 bits per heavy atom. The second kappa shape index (κ2) is 13.0. The Labute approximate surface area is 102 Å². The highest BCUT2D eigenvalue weighted by Crippen LogP contribution is 2.08. The molecule has 2 heteroatoms. The number of rotatable bonds is 12. The Bertz CT molecular complexity index is 126. The van der Waals surface area contributed by atoms with E-state index in [9.17, 15) is 0 Å². The van der Waals surface area contributed by atoms with Gasteiger partial charge in [0.2, 0.25) is 0 Å². The van der Waals surface area contributed by atoms with Crippen LogP contribution in [0, 0.1) is 0 Å². The van der Waals surface area contributed by atoms with Gasteiger partial charge in [-0.1, -0.05) is 51.9 Å². The van der Waals surface area contributed by atoms with Crippen LogP contribution < -0.4 is 0 Å². The molecule has 0 aromatic carbocycles. The Kier molecular flexibility index (Phi) is 12.9. The monoisotopic (exact) mass is 230 g/mol. The van der Waals surface area contributed by atoms with E-state index >= 15 is 0 Å². The quantitative estimate of drug-likeness (QED) is 0.468. The zero-order chi connectivity index (χ0) is 12.1. The number of hydrogen-bond acceptors (Lipinski definition) is 2. The van der Waals surface area contributed by atoms with Crippen LogP contribution in [0.2, 0.25) is 0 Å². The molecule has 0 saturated carbocycles. The van der Waals surface area contributed by atoms with E-state index in [0.717, 1.165) is 13.2 Å². The van der Waals surface area contributed by atoms with Gasteiger partial charge in [-0.05, 0) is 13.3 Å². The van der Waals surface area contributed by atoms with Gasteiger partial charge in [0.05, 0.1) is 12.7 Å². The Balaban J connectivity index is 2.93. The zero-order valence-electron chi connectivity index (χ0n) is 11.5. The molecular weight excluding hydrogens is 200 g/mol. The molecule has 0 spiro atoms. The third-order valence-corrected chi connectivity index (χ3v) is 2.90. The molecule has 0 fully saturated rings.